The topological polar surface area (TPSA) is 38.3 Å². The third-order valence-corrected chi connectivity index (χ3v) is 4.41. The van der Waals surface area contributed by atoms with Crippen LogP contribution in [0.15, 0.2) is 28.6 Å². The van der Waals surface area contributed by atoms with E-state index in [1.165, 1.54) is 0 Å². The molecule has 0 aromatic heterocycles. The summed E-state index contributed by atoms with van der Waals surface area (Å²) in [5.74, 6) is -1.84. The van der Waals surface area contributed by atoms with Crippen molar-refractivity contribution in [2.45, 2.75) is 37.3 Å². The highest BCUT2D eigenvalue weighted by atomic mass is 79.9. The summed E-state index contributed by atoms with van der Waals surface area (Å²) >= 11 is 2.75. The zero-order chi connectivity index (χ0) is 18.6. The lowest BCUT2D eigenvalue weighted by molar-refractivity contribution is -0.202. The van der Waals surface area contributed by atoms with Crippen molar-refractivity contribution in [3.05, 3.63) is 39.7 Å². The molecular formula is C15H10BrF6NO2. The fourth-order valence-electron chi connectivity index (χ4n) is 2.38. The molecular weight excluding hydrogens is 420 g/mol. The first kappa shape index (κ1) is 18.1. The molecule has 0 saturated heterocycles. The van der Waals surface area contributed by atoms with Crippen LogP contribution in [0.3, 0.4) is 0 Å². The predicted molar refractivity (Wildman–Crippen MR) is 78.2 cm³/mol. The van der Waals surface area contributed by atoms with Gasteiger partial charge in [-0.2, -0.15) is 26.3 Å². The van der Waals surface area contributed by atoms with Crippen LogP contribution in [-0.4, -0.2) is 24.1 Å². The molecule has 1 saturated carbocycles. The summed E-state index contributed by atoms with van der Waals surface area (Å²) in [4.78, 5) is 12.2. The van der Waals surface area contributed by atoms with Crippen molar-refractivity contribution >= 4 is 27.3 Å². The van der Waals surface area contributed by atoms with Gasteiger partial charge in [0.1, 0.15) is 0 Å². The molecule has 1 aromatic carbocycles. The highest BCUT2D eigenvalue weighted by Gasteiger charge is 2.53. The van der Waals surface area contributed by atoms with Gasteiger partial charge in [0.2, 0.25) is 5.78 Å². The Labute approximate surface area is 146 Å². The van der Waals surface area contributed by atoms with Gasteiger partial charge in [0.15, 0.2) is 5.88 Å². The third-order valence-electron chi connectivity index (χ3n) is 3.72. The van der Waals surface area contributed by atoms with Crippen LogP contribution >= 0.6 is 15.9 Å². The van der Waals surface area contributed by atoms with E-state index in [1.807, 2.05) is 0 Å². The van der Waals surface area contributed by atoms with Crippen molar-refractivity contribution in [1.29, 1.82) is 0 Å². The molecule has 1 aliphatic carbocycles. The Morgan fingerprint density at radius 3 is 2.28 bits per heavy atom. The highest BCUT2D eigenvalue weighted by Crippen LogP contribution is 2.41. The standard InChI is InChI=1S/C15H10BrF6NO2/c16-9-4-1-6(5-8(9)14(17,18)19)10-11(24)12(15(20,21)22)25-13(10)23-7-2-3-7/h1,4-5,7,12,23H,2-3H2. The number of carbonyl (C=O) groups excluding carboxylic acids is 1. The summed E-state index contributed by atoms with van der Waals surface area (Å²) in [5.41, 5.74) is -1.89. The Morgan fingerprint density at radius 2 is 1.76 bits per heavy atom. The average molecular weight is 430 g/mol. The second kappa shape index (κ2) is 5.93. The summed E-state index contributed by atoms with van der Waals surface area (Å²) in [6.45, 7) is 0. The average Bonchev–Trinajstić information content (AvgIpc) is 3.21. The van der Waals surface area contributed by atoms with Crippen molar-refractivity contribution < 1.29 is 35.9 Å². The molecule has 1 aromatic rings. The number of Topliss-reactive ketones (excluding diaryl/α,β-unsaturated/α-hetero) is 1. The molecule has 0 amide bonds. The summed E-state index contributed by atoms with van der Waals surface area (Å²) in [7, 11) is 0. The summed E-state index contributed by atoms with van der Waals surface area (Å²) in [5, 5.41) is 2.65. The molecule has 3 rings (SSSR count). The number of hydrogen-bond donors (Lipinski definition) is 1. The van der Waals surface area contributed by atoms with Crippen LogP contribution in [0.4, 0.5) is 26.3 Å². The second-order valence-electron chi connectivity index (χ2n) is 5.72. The number of nitrogens with one attached hydrogen (secondary N) is 1. The normalized spacial score (nSPS) is 21.6. The van der Waals surface area contributed by atoms with Crippen molar-refractivity contribution in [3.8, 4) is 0 Å². The first-order valence-electron chi connectivity index (χ1n) is 7.14. The lowest BCUT2D eigenvalue weighted by Gasteiger charge is -2.15. The van der Waals surface area contributed by atoms with Crippen LogP contribution in [0.2, 0.25) is 0 Å². The molecule has 1 unspecified atom stereocenters. The molecule has 1 fully saturated rings. The molecule has 2 aliphatic rings. The molecule has 136 valence electrons. The zero-order valence-electron chi connectivity index (χ0n) is 12.3. The van der Waals surface area contributed by atoms with Gasteiger partial charge in [0, 0.05) is 10.5 Å². The fourth-order valence-corrected chi connectivity index (χ4v) is 2.85. The molecule has 3 nitrogen and oxygen atoms in total. The number of carbonyl (C=O) groups is 1. The molecule has 1 heterocycles. The van der Waals surface area contributed by atoms with Crippen molar-refractivity contribution in [1.82, 2.24) is 5.32 Å². The Hall–Kier alpha value is -1.71. The van der Waals surface area contributed by atoms with Crippen LogP contribution in [0.5, 0.6) is 0 Å². The van der Waals surface area contributed by atoms with Gasteiger partial charge in [-0.05, 0) is 30.5 Å². The lowest BCUT2D eigenvalue weighted by Crippen LogP contribution is -2.35. The van der Waals surface area contributed by atoms with Gasteiger partial charge in [0.05, 0.1) is 11.1 Å². The molecule has 0 radical (unpaired) electrons. The van der Waals surface area contributed by atoms with E-state index in [-0.39, 0.29) is 16.1 Å². The van der Waals surface area contributed by atoms with Gasteiger partial charge < -0.3 is 10.1 Å². The molecule has 10 heteroatoms. The maximum atomic E-state index is 13.0. The summed E-state index contributed by atoms with van der Waals surface area (Å²) in [6.07, 6.45) is -11.1. The molecule has 0 spiro atoms. The smallest absolute Gasteiger partial charge is 0.433 e. The first-order valence-corrected chi connectivity index (χ1v) is 7.93. The van der Waals surface area contributed by atoms with E-state index < -0.39 is 41.3 Å². The van der Waals surface area contributed by atoms with E-state index in [4.69, 9.17) is 4.74 Å². The molecule has 25 heavy (non-hydrogen) atoms. The Bertz CT molecular complexity index is 751. The quantitative estimate of drug-likeness (QED) is 0.722. The van der Waals surface area contributed by atoms with Crippen LogP contribution in [0.1, 0.15) is 24.0 Å². The maximum Gasteiger partial charge on any atom is 0.433 e. The van der Waals surface area contributed by atoms with E-state index in [2.05, 4.69) is 21.2 Å². The number of hydrogen-bond acceptors (Lipinski definition) is 3. The summed E-state index contributed by atoms with van der Waals surface area (Å²) in [6, 6.07) is 2.66. The zero-order valence-corrected chi connectivity index (χ0v) is 13.8. The van der Waals surface area contributed by atoms with Gasteiger partial charge in [-0.25, -0.2) is 0 Å². The van der Waals surface area contributed by atoms with Gasteiger partial charge in [-0.15, -0.1) is 0 Å². The molecule has 0 bridgehead atoms. The Balaban J connectivity index is 2.06. The monoisotopic (exact) mass is 429 g/mol. The van der Waals surface area contributed by atoms with E-state index >= 15 is 0 Å². The highest BCUT2D eigenvalue weighted by molar-refractivity contribution is 9.10. The van der Waals surface area contributed by atoms with E-state index in [1.54, 1.807) is 0 Å². The van der Waals surface area contributed by atoms with E-state index in [9.17, 15) is 31.1 Å². The van der Waals surface area contributed by atoms with E-state index in [0.29, 0.717) is 18.9 Å². The van der Waals surface area contributed by atoms with Gasteiger partial charge in [0.25, 0.3) is 6.10 Å². The second-order valence-corrected chi connectivity index (χ2v) is 6.57. The largest absolute Gasteiger partial charge is 0.457 e. The minimum Gasteiger partial charge on any atom is -0.457 e. The van der Waals surface area contributed by atoms with Crippen LogP contribution in [0, 0.1) is 0 Å². The minimum atomic E-state index is -4.96. The Kier molecular flexibility index (Phi) is 4.29. The van der Waals surface area contributed by atoms with Crippen LogP contribution < -0.4 is 5.32 Å². The first-order chi connectivity index (χ1) is 11.5. The predicted octanol–water partition coefficient (Wildman–Crippen LogP) is 4.42. The number of halogens is 7. The van der Waals surface area contributed by atoms with Crippen molar-refractivity contribution in [3.63, 3.8) is 0 Å². The number of benzene rings is 1. The Morgan fingerprint density at radius 1 is 1.12 bits per heavy atom. The number of alkyl halides is 6. The number of rotatable bonds is 3. The van der Waals surface area contributed by atoms with Crippen molar-refractivity contribution in [2.75, 3.05) is 0 Å². The molecule has 1 aliphatic heterocycles. The lowest BCUT2D eigenvalue weighted by atomic mass is 9.98. The molecule has 1 atom stereocenters. The maximum absolute atomic E-state index is 13.0. The van der Waals surface area contributed by atoms with E-state index in [0.717, 1.165) is 12.1 Å². The van der Waals surface area contributed by atoms with Gasteiger partial charge in [-0.1, -0.05) is 22.0 Å². The fraction of sp³-hybridized carbons (Fsp3) is 0.400. The number of ether oxygens (including phenoxy) is 1. The third kappa shape index (κ3) is 3.63. The summed E-state index contributed by atoms with van der Waals surface area (Å²) < 4.78 is 82.5. The van der Waals surface area contributed by atoms with Gasteiger partial charge in [-0.3, -0.25) is 4.79 Å². The van der Waals surface area contributed by atoms with Crippen molar-refractivity contribution in [2.24, 2.45) is 0 Å². The number of ketones is 1. The molecule has 1 N–H and O–H groups in total. The van der Waals surface area contributed by atoms with Crippen LogP contribution in [-0.2, 0) is 15.7 Å². The minimum absolute atomic E-state index is 0.151. The SMILES string of the molecule is O=C1C(c2ccc(Br)c(C(F)(F)F)c2)=C(NC2CC2)OC1C(F)(F)F. The van der Waals surface area contributed by atoms with Gasteiger partial charge >= 0.3 is 12.4 Å². The van der Waals surface area contributed by atoms with Crippen LogP contribution in [0.25, 0.3) is 5.57 Å².